The molecule has 0 spiro atoms. The highest BCUT2D eigenvalue weighted by atomic mass is 19.4. The fourth-order valence-corrected chi connectivity index (χ4v) is 3.87. The van der Waals surface area contributed by atoms with E-state index in [0.717, 1.165) is 23.8 Å². The van der Waals surface area contributed by atoms with Crippen LogP contribution in [-0.4, -0.2) is 6.36 Å². The summed E-state index contributed by atoms with van der Waals surface area (Å²) in [4.78, 5) is 0. The Morgan fingerprint density at radius 3 is 2.50 bits per heavy atom. The van der Waals surface area contributed by atoms with Gasteiger partial charge in [-0.15, -0.1) is 13.2 Å². The van der Waals surface area contributed by atoms with Crippen LogP contribution in [0, 0.1) is 36.0 Å². The van der Waals surface area contributed by atoms with Crippen LogP contribution in [0.25, 0.3) is 0 Å². The average Bonchev–Trinajstić information content (AvgIpc) is 3.39. The third-order valence-corrected chi connectivity index (χ3v) is 5.60. The van der Waals surface area contributed by atoms with E-state index in [1.807, 2.05) is 12.2 Å². The summed E-state index contributed by atoms with van der Waals surface area (Å²) in [6.45, 7) is 10.0. The quantitative estimate of drug-likeness (QED) is 0.359. The van der Waals surface area contributed by atoms with Crippen molar-refractivity contribution in [2.45, 2.75) is 59.2 Å². The molecule has 0 aliphatic heterocycles. The van der Waals surface area contributed by atoms with E-state index < -0.39 is 6.36 Å². The number of ether oxygens (including phenoxy) is 1. The van der Waals surface area contributed by atoms with E-state index in [1.165, 1.54) is 43.4 Å². The van der Waals surface area contributed by atoms with E-state index in [9.17, 15) is 13.2 Å². The fraction of sp³-hybridized carbons (Fsp3) is 0.462. The van der Waals surface area contributed by atoms with Gasteiger partial charge in [0.15, 0.2) is 0 Å². The molecule has 2 aliphatic carbocycles. The molecular formula is C26H31F3O. The second-order valence-corrected chi connectivity index (χ2v) is 8.22. The minimum absolute atomic E-state index is 0.187. The molecule has 162 valence electrons. The van der Waals surface area contributed by atoms with Crippen LogP contribution < -0.4 is 4.74 Å². The molecule has 0 aromatic heterocycles. The first-order valence-electron chi connectivity index (χ1n) is 10.5. The van der Waals surface area contributed by atoms with Crippen LogP contribution in [-0.2, 0) is 0 Å². The normalized spacial score (nSPS) is 25.3. The highest BCUT2D eigenvalue weighted by Gasteiger charge is 2.55. The Kier molecular flexibility index (Phi) is 8.41. The molecule has 3 rings (SSSR count). The maximum atomic E-state index is 11.6. The first-order chi connectivity index (χ1) is 14.2. The summed E-state index contributed by atoms with van der Waals surface area (Å²) >= 11 is 0. The molecule has 0 N–H and O–H groups in total. The molecule has 2 saturated carbocycles. The average molecular weight is 417 g/mol. The van der Waals surface area contributed by atoms with Gasteiger partial charge in [-0.3, -0.25) is 0 Å². The van der Waals surface area contributed by atoms with Gasteiger partial charge in [0.2, 0.25) is 0 Å². The molecule has 1 aromatic carbocycles. The van der Waals surface area contributed by atoms with Crippen molar-refractivity contribution in [2.24, 2.45) is 17.3 Å². The van der Waals surface area contributed by atoms with E-state index in [2.05, 4.69) is 43.1 Å². The molecule has 3 unspecified atom stereocenters. The van der Waals surface area contributed by atoms with Gasteiger partial charge in [-0.1, -0.05) is 80.7 Å². The van der Waals surface area contributed by atoms with E-state index in [4.69, 9.17) is 0 Å². The smallest absolute Gasteiger partial charge is 0.406 e. The lowest BCUT2D eigenvalue weighted by molar-refractivity contribution is -0.274. The van der Waals surface area contributed by atoms with Crippen molar-refractivity contribution in [3.05, 3.63) is 66.3 Å². The highest BCUT2D eigenvalue weighted by molar-refractivity contribution is 5.37. The number of hydrogen-bond donors (Lipinski definition) is 0. The van der Waals surface area contributed by atoms with Crippen LogP contribution >= 0.6 is 0 Å². The molecule has 0 amide bonds. The monoisotopic (exact) mass is 416 g/mol. The lowest BCUT2D eigenvalue weighted by atomic mass is 9.82. The Balaban J connectivity index is 0.000000232. The van der Waals surface area contributed by atoms with Gasteiger partial charge in [-0.2, -0.15) is 0 Å². The number of hydrogen-bond acceptors (Lipinski definition) is 1. The predicted octanol–water partition coefficient (Wildman–Crippen LogP) is 7.79. The van der Waals surface area contributed by atoms with Crippen molar-refractivity contribution < 1.29 is 17.9 Å². The van der Waals surface area contributed by atoms with E-state index in [-0.39, 0.29) is 5.75 Å². The zero-order valence-corrected chi connectivity index (χ0v) is 18.1. The van der Waals surface area contributed by atoms with Gasteiger partial charge >= 0.3 is 6.36 Å². The van der Waals surface area contributed by atoms with Gasteiger partial charge in [0.1, 0.15) is 5.75 Å². The molecule has 0 radical (unpaired) electrons. The molecule has 0 saturated heterocycles. The molecule has 2 aliphatic rings. The van der Waals surface area contributed by atoms with Crippen molar-refractivity contribution in [1.29, 1.82) is 0 Å². The van der Waals surface area contributed by atoms with Gasteiger partial charge in [-0.05, 0) is 56.6 Å². The van der Waals surface area contributed by atoms with Gasteiger partial charge < -0.3 is 4.74 Å². The van der Waals surface area contributed by atoms with E-state index in [1.54, 1.807) is 25.1 Å². The SMILES string of the molecule is C=C/C=C\C=C(\C#CC12CC(C)CCC1C2)CC.Cc1ccc(OC(F)(F)F)cc1. The number of aryl methyl sites for hydroxylation is 1. The van der Waals surface area contributed by atoms with Crippen LogP contribution in [0.4, 0.5) is 13.2 Å². The molecule has 30 heavy (non-hydrogen) atoms. The van der Waals surface area contributed by atoms with Crippen LogP contribution in [0.5, 0.6) is 5.75 Å². The second kappa shape index (κ2) is 10.6. The third kappa shape index (κ3) is 7.78. The van der Waals surface area contributed by atoms with Crippen LogP contribution in [0.1, 0.15) is 51.5 Å². The van der Waals surface area contributed by atoms with Crippen molar-refractivity contribution in [2.75, 3.05) is 0 Å². The summed E-state index contributed by atoms with van der Waals surface area (Å²) in [7, 11) is 0. The number of allylic oxidation sites excluding steroid dienone is 5. The Morgan fingerprint density at radius 1 is 1.20 bits per heavy atom. The molecule has 1 aromatic rings. The Morgan fingerprint density at radius 2 is 1.90 bits per heavy atom. The minimum atomic E-state index is -4.60. The van der Waals surface area contributed by atoms with Gasteiger partial charge in [0.05, 0.1) is 0 Å². The van der Waals surface area contributed by atoms with Crippen molar-refractivity contribution in [1.82, 2.24) is 0 Å². The van der Waals surface area contributed by atoms with Gasteiger partial charge in [0, 0.05) is 11.0 Å². The van der Waals surface area contributed by atoms with E-state index in [0.29, 0.717) is 5.41 Å². The minimum Gasteiger partial charge on any atom is -0.406 e. The zero-order valence-electron chi connectivity index (χ0n) is 18.1. The Labute approximate surface area is 178 Å². The summed E-state index contributed by atoms with van der Waals surface area (Å²) in [5, 5.41) is 0. The molecule has 0 heterocycles. The molecule has 1 nitrogen and oxygen atoms in total. The van der Waals surface area contributed by atoms with Crippen molar-refractivity contribution in [3.63, 3.8) is 0 Å². The first-order valence-corrected chi connectivity index (χ1v) is 10.5. The Hall–Kier alpha value is -2.41. The molecule has 0 bridgehead atoms. The molecule has 2 fully saturated rings. The maximum absolute atomic E-state index is 11.6. The predicted molar refractivity (Wildman–Crippen MR) is 117 cm³/mol. The largest absolute Gasteiger partial charge is 0.573 e. The molecule has 3 atom stereocenters. The topological polar surface area (TPSA) is 9.23 Å². The Bertz CT molecular complexity index is 821. The maximum Gasteiger partial charge on any atom is 0.573 e. The lowest BCUT2D eigenvalue weighted by Crippen LogP contribution is -2.16. The second-order valence-electron chi connectivity index (χ2n) is 8.22. The van der Waals surface area contributed by atoms with Crippen LogP contribution in [0.2, 0.25) is 0 Å². The van der Waals surface area contributed by atoms with Crippen molar-refractivity contribution >= 4 is 0 Å². The summed E-state index contributed by atoms with van der Waals surface area (Å²) in [5.74, 6) is 8.62. The fourth-order valence-electron chi connectivity index (χ4n) is 3.87. The summed E-state index contributed by atoms with van der Waals surface area (Å²) in [5.41, 5.74) is 2.53. The van der Waals surface area contributed by atoms with Crippen LogP contribution in [0.3, 0.4) is 0 Å². The lowest BCUT2D eigenvalue weighted by Gasteiger charge is -2.22. The number of benzene rings is 1. The first kappa shape index (κ1) is 23.9. The number of fused-ring (bicyclic) bond motifs is 1. The third-order valence-electron chi connectivity index (χ3n) is 5.60. The number of rotatable bonds is 4. The zero-order chi connectivity index (χ0) is 22.2. The van der Waals surface area contributed by atoms with E-state index >= 15 is 0 Å². The molecular weight excluding hydrogens is 385 g/mol. The highest BCUT2D eigenvalue weighted by Crippen LogP contribution is 2.62. The number of alkyl halides is 3. The number of halogens is 3. The van der Waals surface area contributed by atoms with Gasteiger partial charge in [-0.25, -0.2) is 0 Å². The van der Waals surface area contributed by atoms with Gasteiger partial charge in [0.25, 0.3) is 0 Å². The molecule has 4 heteroatoms. The van der Waals surface area contributed by atoms with Crippen LogP contribution in [0.15, 0.2) is 60.7 Å². The summed E-state index contributed by atoms with van der Waals surface area (Å²) in [6, 6.07) is 5.67. The summed E-state index contributed by atoms with van der Waals surface area (Å²) in [6.07, 6.45) is 9.81. The standard InChI is InChI=1S/C18H24.C8H7F3O/c1-4-6-7-8-16(5-2)11-12-18-13-15(3)9-10-17(18)14-18;1-6-2-4-7(5-3-6)12-8(9,10)11/h4,6-8,15,17H,1,5,9-10,13-14H2,2-3H3;2-5H,1H3/b7-6-,16-8+;. The van der Waals surface area contributed by atoms with Crippen molar-refractivity contribution in [3.8, 4) is 17.6 Å². The summed E-state index contributed by atoms with van der Waals surface area (Å²) < 4.78 is 38.5.